The van der Waals surface area contributed by atoms with Gasteiger partial charge in [-0.2, -0.15) is 4.98 Å². The Morgan fingerprint density at radius 3 is 3.00 bits per heavy atom. The van der Waals surface area contributed by atoms with Crippen LogP contribution in [0.1, 0.15) is 24.5 Å². The van der Waals surface area contributed by atoms with Crippen LogP contribution in [0.5, 0.6) is 0 Å². The van der Waals surface area contributed by atoms with Gasteiger partial charge in [0.05, 0.1) is 12.5 Å². The molecule has 24 heavy (non-hydrogen) atoms. The number of aromatic nitrogens is 2. The lowest BCUT2D eigenvalue weighted by Crippen LogP contribution is -2.53. The predicted octanol–water partition coefficient (Wildman–Crippen LogP) is 1.29. The lowest BCUT2D eigenvalue weighted by atomic mass is 10.1. The molecule has 7 nitrogen and oxygen atoms in total. The number of rotatable bonds is 6. The van der Waals surface area contributed by atoms with Gasteiger partial charge in [-0.25, -0.2) is 4.98 Å². The van der Waals surface area contributed by atoms with E-state index in [9.17, 15) is 5.11 Å². The van der Waals surface area contributed by atoms with Crippen LogP contribution < -0.4 is 10.6 Å². The average molecular weight is 331 g/mol. The topological polar surface area (TPSA) is 91.7 Å². The first-order valence-corrected chi connectivity index (χ1v) is 8.43. The van der Waals surface area contributed by atoms with Crippen LogP contribution in [0.3, 0.4) is 0 Å². The number of nitrogens with zero attached hydrogens (tertiary/aromatic N) is 4. The molecule has 0 amide bonds. The van der Waals surface area contributed by atoms with Crippen molar-refractivity contribution >= 4 is 11.8 Å². The summed E-state index contributed by atoms with van der Waals surface area (Å²) in [5, 5.41) is 9.45. The molecule has 3 rings (SSSR count). The number of anilines is 2. The molecule has 0 bridgehead atoms. The molecule has 0 aromatic carbocycles. The van der Waals surface area contributed by atoms with E-state index >= 15 is 0 Å². The summed E-state index contributed by atoms with van der Waals surface area (Å²) in [6.07, 6.45) is 6.90. The van der Waals surface area contributed by atoms with Crippen molar-refractivity contribution in [3.05, 3.63) is 35.9 Å². The minimum absolute atomic E-state index is 0.174. The van der Waals surface area contributed by atoms with Crippen LogP contribution >= 0.6 is 0 Å². The molecule has 1 aliphatic heterocycles. The normalized spacial score (nSPS) is 18.9. The number of nitrogen functional groups attached to an aromatic ring is 1. The molecule has 0 spiro atoms. The maximum Gasteiger partial charge on any atom is 0.221 e. The zero-order valence-electron chi connectivity index (χ0n) is 14.1. The van der Waals surface area contributed by atoms with Crippen molar-refractivity contribution in [1.29, 1.82) is 0 Å². The highest BCUT2D eigenvalue weighted by molar-refractivity contribution is 5.49. The first kappa shape index (κ1) is 16.7. The van der Waals surface area contributed by atoms with E-state index in [-0.39, 0.29) is 12.6 Å². The van der Waals surface area contributed by atoms with E-state index in [4.69, 9.17) is 10.2 Å². The van der Waals surface area contributed by atoms with Gasteiger partial charge in [0.2, 0.25) is 5.95 Å². The SMILES string of the molecule is CCc1cnc(N)nc1N1CCN(Cc2ccoc2)C(CCO)C1. The number of aryl methyl sites for hydroxylation is 1. The van der Waals surface area contributed by atoms with Crippen LogP contribution in [-0.4, -0.2) is 52.3 Å². The summed E-state index contributed by atoms with van der Waals surface area (Å²) in [5.74, 6) is 1.23. The number of aliphatic hydroxyl groups is 1. The lowest BCUT2D eigenvalue weighted by Gasteiger charge is -2.42. The van der Waals surface area contributed by atoms with Crippen molar-refractivity contribution < 1.29 is 9.52 Å². The van der Waals surface area contributed by atoms with Gasteiger partial charge in [-0.3, -0.25) is 4.90 Å². The van der Waals surface area contributed by atoms with E-state index in [1.807, 2.05) is 12.3 Å². The van der Waals surface area contributed by atoms with Gasteiger partial charge < -0.3 is 20.2 Å². The molecular weight excluding hydrogens is 306 g/mol. The fraction of sp³-hybridized carbons (Fsp3) is 0.529. The molecule has 1 saturated heterocycles. The highest BCUT2D eigenvalue weighted by atomic mass is 16.3. The largest absolute Gasteiger partial charge is 0.472 e. The van der Waals surface area contributed by atoms with Crippen molar-refractivity contribution in [3.8, 4) is 0 Å². The van der Waals surface area contributed by atoms with Crippen LogP contribution in [0.25, 0.3) is 0 Å². The van der Waals surface area contributed by atoms with Crippen molar-refractivity contribution in [3.63, 3.8) is 0 Å². The molecule has 130 valence electrons. The van der Waals surface area contributed by atoms with Gasteiger partial charge >= 0.3 is 0 Å². The third kappa shape index (κ3) is 3.68. The van der Waals surface area contributed by atoms with Gasteiger partial charge in [0.15, 0.2) is 0 Å². The smallest absolute Gasteiger partial charge is 0.221 e. The summed E-state index contributed by atoms with van der Waals surface area (Å²) < 4.78 is 5.17. The summed E-state index contributed by atoms with van der Waals surface area (Å²) in [4.78, 5) is 13.2. The van der Waals surface area contributed by atoms with Gasteiger partial charge in [0.25, 0.3) is 0 Å². The van der Waals surface area contributed by atoms with Crippen molar-refractivity contribution in [2.45, 2.75) is 32.4 Å². The van der Waals surface area contributed by atoms with E-state index in [0.717, 1.165) is 56.0 Å². The van der Waals surface area contributed by atoms with Crippen LogP contribution in [0.15, 0.2) is 29.2 Å². The maximum absolute atomic E-state index is 9.45. The predicted molar refractivity (Wildman–Crippen MR) is 92.6 cm³/mol. The Hall–Kier alpha value is -2.12. The second-order valence-corrected chi connectivity index (χ2v) is 6.14. The van der Waals surface area contributed by atoms with Crippen LogP contribution in [0.4, 0.5) is 11.8 Å². The summed E-state index contributed by atoms with van der Waals surface area (Å²) >= 11 is 0. The monoisotopic (exact) mass is 331 g/mol. The number of hydrogen-bond acceptors (Lipinski definition) is 7. The molecule has 2 aromatic rings. The number of nitrogens with two attached hydrogens (primary N) is 1. The Labute approximate surface area is 142 Å². The number of piperazine rings is 1. The third-order valence-corrected chi connectivity index (χ3v) is 4.57. The van der Waals surface area contributed by atoms with Gasteiger partial charge in [0.1, 0.15) is 5.82 Å². The number of hydrogen-bond donors (Lipinski definition) is 2. The number of aliphatic hydroxyl groups excluding tert-OH is 1. The minimum Gasteiger partial charge on any atom is -0.472 e. The molecule has 1 atom stereocenters. The molecule has 1 unspecified atom stereocenters. The highest BCUT2D eigenvalue weighted by Gasteiger charge is 2.28. The first-order valence-electron chi connectivity index (χ1n) is 8.43. The molecule has 3 N–H and O–H groups in total. The molecule has 0 radical (unpaired) electrons. The first-order chi connectivity index (χ1) is 11.7. The molecule has 0 saturated carbocycles. The van der Waals surface area contributed by atoms with Crippen LogP contribution in [0.2, 0.25) is 0 Å². The minimum atomic E-state index is 0.174. The summed E-state index contributed by atoms with van der Waals surface area (Å²) in [6, 6.07) is 2.25. The van der Waals surface area contributed by atoms with Crippen LogP contribution in [0, 0.1) is 0 Å². The Morgan fingerprint density at radius 2 is 2.29 bits per heavy atom. The second-order valence-electron chi connectivity index (χ2n) is 6.14. The molecular formula is C17H25N5O2. The van der Waals surface area contributed by atoms with E-state index in [0.29, 0.717) is 5.95 Å². The van der Waals surface area contributed by atoms with Crippen molar-refractivity contribution in [2.24, 2.45) is 0 Å². The molecule has 3 heterocycles. The van der Waals surface area contributed by atoms with E-state index in [1.54, 1.807) is 12.5 Å². The zero-order chi connectivity index (χ0) is 16.9. The third-order valence-electron chi connectivity index (χ3n) is 4.57. The fourth-order valence-corrected chi connectivity index (χ4v) is 3.27. The standard InChI is InChI=1S/C17H25N5O2/c1-2-14-9-19-17(18)20-16(14)22-6-5-21(15(11-22)3-7-23)10-13-4-8-24-12-13/h4,8-9,12,15,23H,2-3,5-7,10-11H2,1H3,(H2,18,19,20). The Bertz CT molecular complexity index is 646. The molecule has 0 aliphatic carbocycles. The Kier molecular flexibility index (Phi) is 5.32. The highest BCUT2D eigenvalue weighted by Crippen LogP contribution is 2.24. The fourth-order valence-electron chi connectivity index (χ4n) is 3.27. The molecule has 7 heteroatoms. The Balaban J connectivity index is 1.76. The Morgan fingerprint density at radius 1 is 1.42 bits per heavy atom. The van der Waals surface area contributed by atoms with E-state index in [1.165, 1.54) is 0 Å². The summed E-state index contributed by atoms with van der Waals surface area (Å²) in [5.41, 5.74) is 8.06. The number of furan rings is 1. The van der Waals surface area contributed by atoms with E-state index in [2.05, 4.69) is 26.7 Å². The van der Waals surface area contributed by atoms with Crippen LogP contribution in [-0.2, 0) is 13.0 Å². The average Bonchev–Trinajstić information content (AvgIpc) is 3.10. The van der Waals surface area contributed by atoms with Gasteiger partial charge in [-0.05, 0) is 18.9 Å². The summed E-state index contributed by atoms with van der Waals surface area (Å²) in [7, 11) is 0. The maximum atomic E-state index is 9.45. The second kappa shape index (κ2) is 7.63. The molecule has 1 aliphatic rings. The summed E-state index contributed by atoms with van der Waals surface area (Å²) in [6.45, 7) is 5.71. The van der Waals surface area contributed by atoms with Gasteiger partial charge in [0, 0.05) is 56.2 Å². The zero-order valence-corrected chi connectivity index (χ0v) is 14.1. The van der Waals surface area contributed by atoms with Crippen molar-refractivity contribution in [1.82, 2.24) is 14.9 Å². The van der Waals surface area contributed by atoms with Gasteiger partial charge in [-0.15, -0.1) is 0 Å². The lowest BCUT2D eigenvalue weighted by molar-refractivity contribution is 0.135. The van der Waals surface area contributed by atoms with E-state index < -0.39 is 0 Å². The molecule has 1 fully saturated rings. The van der Waals surface area contributed by atoms with Crippen molar-refractivity contribution in [2.75, 3.05) is 36.9 Å². The molecule has 2 aromatic heterocycles. The van der Waals surface area contributed by atoms with Gasteiger partial charge in [-0.1, -0.05) is 6.92 Å². The quantitative estimate of drug-likeness (QED) is 0.824.